The highest BCUT2D eigenvalue weighted by Gasteiger charge is 2.14. The molecule has 1 aromatic carbocycles. The van der Waals surface area contributed by atoms with Crippen molar-refractivity contribution < 1.29 is 14.4 Å². The molecule has 29 heavy (non-hydrogen) atoms. The first-order valence-corrected chi connectivity index (χ1v) is 8.48. The maximum absolute atomic E-state index is 12.5. The maximum Gasteiger partial charge on any atom is 0.272 e. The first-order valence-electron chi connectivity index (χ1n) is 8.48. The van der Waals surface area contributed by atoms with E-state index < -0.39 is 5.91 Å². The number of nitrogens with zero attached hydrogens (tertiary/aromatic N) is 2. The number of carbonyl (C=O) groups is 3. The fraction of sp³-hybridized carbons (Fsp3) is 0.111. The normalized spacial score (nSPS) is 10.5. The molecule has 2 aromatic heterocycles. The molecule has 150 valence electrons. The van der Waals surface area contributed by atoms with E-state index in [-0.39, 0.29) is 30.0 Å². The van der Waals surface area contributed by atoms with Gasteiger partial charge in [0.25, 0.3) is 11.8 Å². The first kappa shape index (κ1) is 19.5. The average Bonchev–Trinajstić information content (AvgIpc) is 3.23. The number of nitrogens with two attached hydrogens (primary N) is 3. The van der Waals surface area contributed by atoms with Crippen molar-refractivity contribution in [3.63, 3.8) is 0 Å². The molecule has 3 rings (SSSR count). The Morgan fingerprint density at radius 3 is 2.48 bits per heavy atom. The number of benzene rings is 1. The van der Waals surface area contributed by atoms with Crippen molar-refractivity contribution >= 4 is 46.0 Å². The molecule has 0 radical (unpaired) electrons. The molecule has 11 nitrogen and oxygen atoms in total. The lowest BCUT2D eigenvalue weighted by molar-refractivity contribution is -0.114. The van der Waals surface area contributed by atoms with E-state index in [0.29, 0.717) is 22.6 Å². The number of H-pyrrole nitrogens is 1. The molecule has 0 bridgehead atoms. The van der Waals surface area contributed by atoms with E-state index in [1.165, 1.54) is 10.6 Å². The van der Waals surface area contributed by atoms with E-state index in [4.69, 9.17) is 17.2 Å². The topological polar surface area (TPSA) is 186 Å². The van der Waals surface area contributed by atoms with E-state index in [2.05, 4.69) is 20.6 Å². The van der Waals surface area contributed by atoms with Crippen LogP contribution < -0.4 is 27.8 Å². The molecule has 0 unspecified atom stereocenters. The van der Waals surface area contributed by atoms with Gasteiger partial charge in [0, 0.05) is 29.8 Å². The number of primary amides is 1. The van der Waals surface area contributed by atoms with E-state index in [1.54, 1.807) is 37.5 Å². The number of aromatic amines is 1. The van der Waals surface area contributed by atoms with Crippen molar-refractivity contribution in [2.24, 2.45) is 29.2 Å². The van der Waals surface area contributed by atoms with Crippen LogP contribution in [0.2, 0.25) is 0 Å². The molecule has 0 aliphatic heterocycles. The molecule has 0 spiro atoms. The highest BCUT2D eigenvalue weighted by molar-refractivity contribution is 6.07. The number of hydrogen-bond acceptors (Lipinski definition) is 4. The van der Waals surface area contributed by atoms with Crippen LogP contribution in [0.5, 0.6) is 0 Å². The number of aromatic nitrogens is 2. The summed E-state index contributed by atoms with van der Waals surface area (Å²) in [6.45, 7) is -0.191. The van der Waals surface area contributed by atoms with Crippen LogP contribution in [0, 0.1) is 0 Å². The zero-order valence-electron chi connectivity index (χ0n) is 15.5. The second-order valence-electron chi connectivity index (χ2n) is 6.32. The van der Waals surface area contributed by atoms with Crippen molar-refractivity contribution in [2.75, 3.05) is 17.2 Å². The maximum atomic E-state index is 12.5. The summed E-state index contributed by atoms with van der Waals surface area (Å²) < 4.78 is 1.53. The largest absolute Gasteiger partial charge is 0.370 e. The summed E-state index contributed by atoms with van der Waals surface area (Å²) in [7, 11) is 1.65. The molecule has 3 amide bonds. The third-order valence-corrected chi connectivity index (χ3v) is 4.07. The molecule has 0 atom stereocenters. The van der Waals surface area contributed by atoms with Crippen LogP contribution in [0.15, 0.2) is 41.5 Å². The number of hydrogen-bond donors (Lipinski definition) is 6. The van der Waals surface area contributed by atoms with Gasteiger partial charge in [0.1, 0.15) is 17.9 Å². The summed E-state index contributed by atoms with van der Waals surface area (Å²) in [5, 5.41) is 6.15. The van der Waals surface area contributed by atoms with Gasteiger partial charge in [0.2, 0.25) is 5.91 Å². The van der Waals surface area contributed by atoms with Gasteiger partial charge in [-0.25, -0.2) is 4.99 Å². The number of carbonyl (C=O) groups excluding carboxylic acids is 3. The van der Waals surface area contributed by atoms with Crippen LogP contribution in [0.25, 0.3) is 10.9 Å². The lowest BCUT2D eigenvalue weighted by Crippen LogP contribution is -2.25. The molecule has 11 heteroatoms. The lowest BCUT2D eigenvalue weighted by Gasteiger charge is -2.03. The Labute approximate surface area is 164 Å². The molecule has 0 aliphatic rings. The number of nitrogens with one attached hydrogen (secondary N) is 3. The Hall–Kier alpha value is -4.28. The van der Waals surface area contributed by atoms with Crippen LogP contribution in [0.3, 0.4) is 0 Å². The molecule has 2 heterocycles. The van der Waals surface area contributed by atoms with Gasteiger partial charge in [-0.15, -0.1) is 0 Å². The minimum atomic E-state index is -0.590. The Morgan fingerprint density at radius 1 is 1.07 bits per heavy atom. The van der Waals surface area contributed by atoms with E-state index in [0.717, 1.165) is 5.39 Å². The van der Waals surface area contributed by atoms with Crippen LogP contribution in [0.4, 0.5) is 11.4 Å². The minimum Gasteiger partial charge on any atom is -0.370 e. The minimum absolute atomic E-state index is 0.169. The second kappa shape index (κ2) is 7.76. The fourth-order valence-corrected chi connectivity index (χ4v) is 2.77. The summed E-state index contributed by atoms with van der Waals surface area (Å²) in [6.07, 6.45) is 1.59. The predicted molar refractivity (Wildman–Crippen MR) is 109 cm³/mol. The fourth-order valence-electron chi connectivity index (χ4n) is 2.77. The van der Waals surface area contributed by atoms with Crippen molar-refractivity contribution in [2.45, 2.75) is 0 Å². The number of aryl methyl sites for hydroxylation is 1. The van der Waals surface area contributed by atoms with Crippen LogP contribution >= 0.6 is 0 Å². The van der Waals surface area contributed by atoms with Crippen molar-refractivity contribution in [1.82, 2.24) is 9.55 Å². The van der Waals surface area contributed by atoms with Gasteiger partial charge >= 0.3 is 0 Å². The molecule has 0 fully saturated rings. The Balaban J connectivity index is 1.74. The van der Waals surface area contributed by atoms with Crippen molar-refractivity contribution in [3.8, 4) is 0 Å². The molecule has 3 aromatic rings. The van der Waals surface area contributed by atoms with Crippen LogP contribution in [-0.2, 0) is 11.8 Å². The first-order chi connectivity index (χ1) is 13.7. The lowest BCUT2D eigenvalue weighted by atomic mass is 10.2. The number of anilines is 2. The number of amides is 3. The molecular formula is C18H20N8O3. The zero-order chi connectivity index (χ0) is 21.1. The predicted octanol–water partition coefficient (Wildman–Crippen LogP) is 0.0695. The number of aliphatic imine (C=N–C) groups is 1. The molecule has 9 N–H and O–H groups in total. The SMILES string of the molecule is Cn1cc(NC(=O)c2cc3ccc(NC(=O)CN=C(N)N)cc3[nH]2)cc1C(N)=O. The van der Waals surface area contributed by atoms with Gasteiger partial charge in [-0.3, -0.25) is 14.4 Å². The number of fused-ring (bicyclic) bond motifs is 1. The molecule has 0 saturated carbocycles. The third-order valence-electron chi connectivity index (χ3n) is 4.07. The Kier molecular flexibility index (Phi) is 5.21. The Morgan fingerprint density at radius 2 is 1.83 bits per heavy atom. The van der Waals surface area contributed by atoms with Gasteiger partial charge < -0.3 is 37.4 Å². The van der Waals surface area contributed by atoms with Gasteiger partial charge in [0.05, 0.1) is 5.69 Å². The summed E-state index contributed by atoms with van der Waals surface area (Å²) in [4.78, 5) is 42.3. The average molecular weight is 396 g/mol. The number of rotatable bonds is 6. The second-order valence-corrected chi connectivity index (χ2v) is 6.32. The number of guanidine groups is 1. The standard InChI is InChI=1S/C18H20N8O3/c1-26-8-11(6-14(26)16(19)28)24-17(29)13-4-9-2-3-10(5-12(9)25-13)23-15(27)7-22-18(20)21/h2-6,8,25H,7H2,1H3,(H2,19,28)(H,23,27)(H,24,29)(H4,20,21,22). The van der Waals surface area contributed by atoms with Gasteiger partial charge in [0.15, 0.2) is 5.96 Å². The van der Waals surface area contributed by atoms with Gasteiger partial charge in [-0.1, -0.05) is 6.07 Å². The van der Waals surface area contributed by atoms with E-state index in [1.807, 2.05) is 0 Å². The van der Waals surface area contributed by atoms with Crippen molar-refractivity contribution in [3.05, 3.63) is 47.9 Å². The summed E-state index contributed by atoms with van der Waals surface area (Å²) in [5.41, 5.74) is 17.9. The summed E-state index contributed by atoms with van der Waals surface area (Å²) in [5.74, 6) is -1.53. The molecule has 0 aliphatic carbocycles. The third kappa shape index (κ3) is 4.53. The monoisotopic (exact) mass is 396 g/mol. The van der Waals surface area contributed by atoms with Crippen LogP contribution in [0.1, 0.15) is 21.0 Å². The van der Waals surface area contributed by atoms with Gasteiger partial charge in [-0.2, -0.15) is 0 Å². The molecular weight excluding hydrogens is 376 g/mol. The van der Waals surface area contributed by atoms with Crippen molar-refractivity contribution in [1.29, 1.82) is 0 Å². The molecule has 0 saturated heterocycles. The zero-order valence-corrected chi connectivity index (χ0v) is 15.5. The smallest absolute Gasteiger partial charge is 0.272 e. The summed E-state index contributed by atoms with van der Waals surface area (Å²) in [6, 6.07) is 8.31. The summed E-state index contributed by atoms with van der Waals surface area (Å²) >= 11 is 0. The van der Waals surface area contributed by atoms with Gasteiger partial charge in [-0.05, 0) is 24.3 Å². The highest BCUT2D eigenvalue weighted by atomic mass is 16.2. The van der Waals surface area contributed by atoms with E-state index in [9.17, 15) is 14.4 Å². The van der Waals surface area contributed by atoms with Crippen LogP contribution in [-0.4, -0.2) is 39.8 Å². The quantitative estimate of drug-likeness (QED) is 0.254. The Bertz CT molecular complexity index is 1140. The van der Waals surface area contributed by atoms with E-state index >= 15 is 0 Å². The highest BCUT2D eigenvalue weighted by Crippen LogP contribution is 2.21.